The average molecular weight is 680 g/mol. The predicted molar refractivity (Wildman–Crippen MR) is 178 cm³/mol. The summed E-state index contributed by atoms with van der Waals surface area (Å²) in [5.74, 6) is 0.00758. The van der Waals surface area contributed by atoms with Gasteiger partial charge in [0, 0.05) is 37.5 Å². The second-order valence-corrected chi connectivity index (χ2v) is 13.3. The number of halogens is 3. The molecule has 0 bridgehead atoms. The zero-order valence-corrected chi connectivity index (χ0v) is 27.6. The molecule has 2 atom stereocenters. The van der Waals surface area contributed by atoms with Gasteiger partial charge in [0.05, 0.1) is 18.0 Å². The standard InChI is InChI=1S/C35H40F3N7O4/c1-21(2)19-48-25-7-4-23(5-8-25)24-6-9-26(28(16-24)45-13-10-22(3)43-45)31(35(36,37)38)49-30-17-29(41-33(39)42-30)44-14-11-34(12-15-44)18-27(32(46)47)40-20-34/h4-10,13,16-17,21,27,31,40H,11-12,14-15,18-20H2,1-3H3,(H,46,47)(H2,39,41,42)/t27-,31+/m0/s1. The first-order valence-electron chi connectivity index (χ1n) is 16.3. The zero-order valence-electron chi connectivity index (χ0n) is 27.6. The molecular weight excluding hydrogens is 639 g/mol. The molecule has 2 saturated heterocycles. The Morgan fingerprint density at radius 1 is 1.08 bits per heavy atom. The number of nitrogens with one attached hydrogen (secondary N) is 1. The molecule has 4 heterocycles. The number of nitrogens with zero attached hydrogens (tertiary/aromatic N) is 5. The van der Waals surface area contributed by atoms with Crippen molar-refractivity contribution in [3.05, 3.63) is 72.1 Å². The molecule has 260 valence electrons. The Hall–Kier alpha value is -4.85. The van der Waals surface area contributed by atoms with Crippen LogP contribution >= 0.6 is 0 Å². The fourth-order valence-electron chi connectivity index (χ4n) is 6.46. The topological polar surface area (TPSA) is 141 Å². The molecule has 14 heteroatoms. The van der Waals surface area contributed by atoms with E-state index >= 15 is 0 Å². The molecule has 1 spiro atoms. The molecule has 0 aliphatic carbocycles. The molecule has 2 fully saturated rings. The Balaban J connectivity index is 1.28. The fraction of sp³-hybridized carbons (Fsp3) is 0.429. The number of hydrogen-bond donors (Lipinski definition) is 3. The summed E-state index contributed by atoms with van der Waals surface area (Å²) in [5.41, 5.74) is 8.00. The van der Waals surface area contributed by atoms with E-state index in [2.05, 4.69) is 34.2 Å². The highest BCUT2D eigenvalue weighted by Crippen LogP contribution is 2.43. The molecule has 49 heavy (non-hydrogen) atoms. The van der Waals surface area contributed by atoms with E-state index < -0.39 is 24.3 Å². The molecule has 2 aromatic heterocycles. The zero-order chi connectivity index (χ0) is 34.9. The number of aryl methyl sites for hydroxylation is 1. The lowest BCUT2D eigenvalue weighted by Gasteiger charge is -2.39. The van der Waals surface area contributed by atoms with Crippen LogP contribution in [-0.4, -0.2) is 69.3 Å². The maximum atomic E-state index is 14.9. The third-order valence-electron chi connectivity index (χ3n) is 9.10. The van der Waals surface area contributed by atoms with E-state index in [4.69, 9.17) is 15.2 Å². The molecule has 11 nitrogen and oxygen atoms in total. The maximum absolute atomic E-state index is 14.9. The number of anilines is 2. The minimum Gasteiger partial charge on any atom is -0.493 e. The van der Waals surface area contributed by atoms with E-state index in [-0.39, 0.29) is 28.5 Å². The Morgan fingerprint density at radius 3 is 2.41 bits per heavy atom. The first-order valence-corrected chi connectivity index (χ1v) is 16.3. The van der Waals surface area contributed by atoms with E-state index in [1.54, 1.807) is 31.3 Å². The highest BCUT2D eigenvalue weighted by atomic mass is 19.4. The van der Waals surface area contributed by atoms with Crippen molar-refractivity contribution in [2.45, 2.75) is 58.4 Å². The van der Waals surface area contributed by atoms with Gasteiger partial charge in [-0.1, -0.05) is 38.1 Å². The number of rotatable bonds is 10. The predicted octanol–water partition coefficient (Wildman–Crippen LogP) is 5.97. The van der Waals surface area contributed by atoms with E-state index in [0.717, 1.165) is 5.56 Å². The van der Waals surface area contributed by atoms with Gasteiger partial charge >= 0.3 is 12.1 Å². The fourth-order valence-corrected chi connectivity index (χ4v) is 6.46. The van der Waals surface area contributed by atoms with Gasteiger partial charge in [0.1, 0.15) is 17.6 Å². The van der Waals surface area contributed by atoms with Gasteiger partial charge in [0.2, 0.25) is 17.9 Å². The first-order chi connectivity index (χ1) is 23.3. The number of aliphatic carboxylic acids is 1. The summed E-state index contributed by atoms with van der Waals surface area (Å²) in [4.78, 5) is 21.7. The Morgan fingerprint density at radius 2 is 1.80 bits per heavy atom. The van der Waals surface area contributed by atoms with E-state index in [1.807, 2.05) is 29.2 Å². The summed E-state index contributed by atoms with van der Waals surface area (Å²) in [6.45, 7) is 8.10. The van der Waals surface area contributed by atoms with Crippen LogP contribution in [0.15, 0.2) is 60.8 Å². The Bertz CT molecular complexity index is 1790. The van der Waals surface area contributed by atoms with Gasteiger partial charge < -0.3 is 30.5 Å². The van der Waals surface area contributed by atoms with Crippen molar-refractivity contribution < 1.29 is 32.5 Å². The number of hydrogen-bond acceptors (Lipinski definition) is 9. The summed E-state index contributed by atoms with van der Waals surface area (Å²) >= 11 is 0. The largest absolute Gasteiger partial charge is 0.493 e. The third kappa shape index (κ3) is 7.74. The number of piperidine rings is 1. The van der Waals surface area contributed by atoms with Crippen LogP contribution in [0, 0.1) is 18.3 Å². The van der Waals surface area contributed by atoms with Crippen LogP contribution in [0.3, 0.4) is 0 Å². The lowest BCUT2D eigenvalue weighted by molar-refractivity contribution is -0.198. The number of carbonyl (C=O) groups is 1. The van der Waals surface area contributed by atoms with Crippen LogP contribution in [0.25, 0.3) is 16.8 Å². The second-order valence-electron chi connectivity index (χ2n) is 13.3. The van der Waals surface area contributed by atoms with Crippen LogP contribution in [0.4, 0.5) is 24.9 Å². The third-order valence-corrected chi connectivity index (χ3v) is 9.10. The molecular formula is C35H40F3N7O4. The highest BCUT2D eigenvalue weighted by molar-refractivity contribution is 5.74. The first kappa shape index (κ1) is 34.0. The number of carboxylic acids is 1. The van der Waals surface area contributed by atoms with Crippen molar-refractivity contribution in [2.75, 3.05) is 36.9 Å². The summed E-state index contributed by atoms with van der Waals surface area (Å²) in [6, 6.07) is 14.6. The normalized spacial score (nSPS) is 18.2. The SMILES string of the molecule is Cc1ccn(-c2cc(-c3ccc(OCC(C)C)cc3)ccc2[C@@H](Oc2cc(N3CCC4(CC3)CN[C@H](C(=O)O)C4)nc(N)n2)C(F)(F)F)n1. The molecule has 0 radical (unpaired) electrons. The highest BCUT2D eigenvalue weighted by Gasteiger charge is 2.46. The molecule has 2 aliphatic rings. The summed E-state index contributed by atoms with van der Waals surface area (Å²) in [6.07, 6.45) is -3.71. The van der Waals surface area contributed by atoms with Crippen molar-refractivity contribution in [1.29, 1.82) is 0 Å². The smallest absolute Gasteiger partial charge is 0.429 e. The van der Waals surface area contributed by atoms with Crippen molar-refractivity contribution in [3.63, 3.8) is 0 Å². The van der Waals surface area contributed by atoms with Crippen molar-refractivity contribution in [2.24, 2.45) is 11.3 Å². The van der Waals surface area contributed by atoms with Crippen LogP contribution in [0.1, 0.15) is 50.5 Å². The van der Waals surface area contributed by atoms with Gasteiger partial charge in [-0.2, -0.15) is 28.2 Å². The number of nitrogen functional groups attached to an aromatic ring is 1. The molecule has 4 N–H and O–H groups in total. The molecule has 0 amide bonds. The van der Waals surface area contributed by atoms with Crippen LogP contribution in [0.5, 0.6) is 11.6 Å². The van der Waals surface area contributed by atoms with Crippen molar-refractivity contribution in [3.8, 4) is 28.4 Å². The van der Waals surface area contributed by atoms with Crippen LogP contribution in [0.2, 0.25) is 0 Å². The van der Waals surface area contributed by atoms with Crippen molar-refractivity contribution in [1.82, 2.24) is 25.1 Å². The van der Waals surface area contributed by atoms with E-state index in [9.17, 15) is 23.1 Å². The summed E-state index contributed by atoms with van der Waals surface area (Å²) in [5, 5.41) is 16.9. The Labute approximate surface area is 282 Å². The molecule has 4 aromatic rings. The average Bonchev–Trinajstić information content (AvgIpc) is 3.69. The molecule has 2 aromatic carbocycles. The van der Waals surface area contributed by atoms with E-state index in [0.29, 0.717) is 74.2 Å². The number of nitrogens with two attached hydrogens (primary N) is 1. The van der Waals surface area contributed by atoms with Gasteiger partial charge in [-0.3, -0.25) is 4.79 Å². The quantitative estimate of drug-likeness (QED) is 0.184. The van der Waals surface area contributed by atoms with Crippen LogP contribution < -0.4 is 25.4 Å². The molecule has 6 rings (SSSR count). The lowest BCUT2D eigenvalue weighted by atomic mass is 9.76. The minimum absolute atomic E-state index is 0.156. The Kier molecular flexibility index (Phi) is 9.43. The molecule has 0 saturated carbocycles. The number of benzene rings is 2. The number of carboxylic acid groups (broad SMARTS) is 1. The van der Waals surface area contributed by atoms with E-state index in [1.165, 1.54) is 16.8 Å². The molecule has 2 aliphatic heterocycles. The number of alkyl halides is 3. The lowest BCUT2D eigenvalue weighted by Crippen LogP contribution is -2.41. The number of ether oxygens (including phenoxy) is 2. The minimum atomic E-state index is -4.83. The second kappa shape index (κ2) is 13.6. The number of aromatic nitrogens is 4. The van der Waals surface area contributed by atoms with Gasteiger partial charge in [-0.25, -0.2) is 4.68 Å². The summed E-state index contributed by atoms with van der Waals surface area (Å²) in [7, 11) is 0. The van der Waals surface area contributed by atoms with Gasteiger partial charge in [-0.05, 0) is 72.9 Å². The molecule has 0 unspecified atom stereocenters. The van der Waals surface area contributed by atoms with Gasteiger partial charge in [0.15, 0.2) is 0 Å². The van der Waals surface area contributed by atoms with Crippen molar-refractivity contribution >= 4 is 17.7 Å². The van der Waals surface area contributed by atoms with Gasteiger partial charge in [0.25, 0.3) is 0 Å². The monoisotopic (exact) mass is 679 g/mol. The summed E-state index contributed by atoms with van der Waals surface area (Å²) < 4.78 is 57.6. The van der Waals surface area contributed by atoms with Crippen LogP contribution in [-0.2, 0) is 4.79 Å². The van der Waals surface area contributed by atoms with Gasteiger partial charge in [-0.15, -0.1) is 0 Å². The maximum Gasteiger partial charge on any atom is 0.429 e.